The highest BCUT2D eigenvalue weighted by Gasteiger charge is 2.30. The molecule has 4 nitrogen and oxygen atoms in total. The van der Waals surface area contributed by atoms with Crippen LogP contribution in [0, 0.1) is 5.92 Å². The lowest BCUT2D eigenvalue weighted by Crippen LogP contribution is -2.41. The van der Waals surface area contributed by atoms with Crippen molar-refractivity contribution in [3.8, 4) is 0 Å². The normalized spacial score (nSPS) is 19.0. The molecule has 2 aromatic rings. The van der Waals surface area contributed by atoms with E-state index in [1.165, 1.54) is 6.07 Å². The van der Waals surface area contributed by atoms with E-state index in [1.54, 1.807) is 22.5 Å². The van der Waals surface area contributed by atoms with Gasteiger partial charge in [-0.25, -0.2) is 8.42 Å². The predicted molar refractivity (Wildman–Crippen MR) is 99.0 cm³/mol. The molecule has 1 atom stereocenters. The average Bonchev–Trinajstić information content (AvgIpc) is 2.63. The summed E-state index contributed by atoms with van der Waals surface area (Å²) in [4.78, 5) is 0.255. The molecule has 0 aliphatic carbocycles. The molecule has 1 heterocycles. The number of benzene rings is 2. The van der Waals surface area contributed by atoms with Crippen LogP contribution in [-0.4, -0.2) is 32.4 Å². The number of halogens is 1. The monoisotopic (exact) mass is 379 g/mol. The van der Waals surface area contributed by atoms with E-state index in [9.17, 15) is 8.42 Å². The summed E-state index contributed by atoms with van der Waals surface area (Å²) in [6.07, 6.45) is 1.83. The Morgan fingerprint density at radius 1 is 1.12 bits per heavy atom. The van der Waals surface area contributed by atoms with E-state index in [0.717, 1.165) is 18.4 Å². The van der Waals surface area contributed by atoms with E-state index >= 15 is 0 Å². The van der Waals surface area contributed by atoms with Crippen LogP contribution >= 0.6 is 11.6 Å². The van der Waals surface area contributed by atoms with Crippen LogP contribution in [-0.2, 0) is 21.4 Å². The molecule has 6 heteroatoms. The van der Waals surface area contributed by atoms with Crippen LogP contribution in [0.1, 0.15) is 18.4 Å². The van der Waals surface area contributed by atoms with Crippen LogP contribution in [0.4, 0.5) is 0 Å². The van der Waals surface area contributed by atoms with Gasteiger partial charge in [-0.2, -0.15) is 4.31 Å². The number of hydrogen-bond acceptors (Lipinski definition) is 3. The minimum absolute atomic E-state index is 0.214. The van der Waals surface area contributed by atoms with Gasteiger partial charge in [-0.05, 0) is 42.5 Å². The van der Waals surface area contributed by atoms with Crippen molar-refractivity contribution < 1.29 is 13.2 Å². The second kappa shape index (κ2) is 8.32. The van der Waals surface area contributed by atoms with Gasteiger partial charge >= 0.3 is 0 Å². The summed E-state index contributed by atoms with van der Waals surface area (Å²) in [6, 6.07) is 16.4. The quantitative estimate of drug-likeness (QED) is 0.763. The Bertz CT molecular complexity index is 795. The van der Waals surface area contributed by atoms with Gasteiger partial charge in [0, 0.05) is 18.1 Å². The van der Waals surface area contributed by atoms with Gasteiger partial charge in [0.15, 0.2) is 0 Å². The smallest absolute Gasteiger partial charge is 0.243 e. The number of ether oxygens (including phenoxy) is 1. The molecule has 0 radical (unpaired) electrons. The lowest BCUT2D eigenvalue weighted by Gasteiger charge is -2.31. The molecular weight excluding hydrogens is 358 g/mol. The van der Waals surface area contributed by atoms with Crippen molar-refractivity contribution in [2.45, 2.75) is 24.3 Å². The zero-order valence-corrected chi connectivity index (χ0v) is 15.5. The molecule has 0 aromatic heterocycles. The predicted octanol–water partition coefficient (Wildman–Crippen LogP) is 3.96. The van der Waals surface area contributed by atoms with Crippen LogP contribution in [0.25, 0.3) is 0 Å². The summed E-state index contributed by atoms with van der Waals surface area (Å²) < 4.78 is 33.0. The maximum atomic E-state index is 12.8. The second-order valence-corrected chi connectivity index (χ2v) is 8.70. The van der Waals surface area contributed by atoms with Crippen molar-refractivity contribution in [3.63, 3.8) is 0 Å². The highest BCUT2D eigenvalue weighted by Crippen LogP contribution is 2.25. The number of rotatable bonds is 6. The topological polar surface area (TPSA) is 46.6 Å². The van der Waals surface area contributed by atoms with Crippen molar-refractivity contribution in [3.05, 3.63) is 65.2 Å². The van der Waals surface area contributed by atoms with Gasteiger partial charge in [0.25, 0.3) is 0 Å². The minimum atomic E-state index is -3.50. The van der Waals surface area contributed by atoms with Gasteiger partial charge < -0.3 is 4.74 Å². The fourth-order valence-corrected chi connectivity index (χ4v) is 4.93. The second-order valence-electron chi connectivity index (χ2n) is 6.33. The Kier molecular flexibility index (Phi) is 6.12. The van der Waals surface area contributed by atoms with E-state index in [4.69, 9.17) is 16.3 Å². The maximum absolute atomic E-state index is 12.8. The molecule has 25 heavy (non-hydrogen) atoms. The third-order valence-corrected chi connectivity index (χ3v) is 6.48. The van der Waals surface area contributed by atoms with Crippen molar-refractivity contribution in [2.24, 2.45) is 5.92 Å². The van der Waals surface area contributed by atoms with Gasteiger partial charge in [-0.3, -0.25) is 0 Å². The number of sulfonamides is 1. The molecule has 3 rings (SSSR count). The van der Waals surface area contributed by atoms with E-state index in [-0.39, 0.29) is 10.8 Å². The molecule has 0 saturated carbocycles. The van der Waals surface area contributed by atoms with E-state index < -0.39 is 10.0 Å². The SMILES string of the molecule is O=S(=O)(c1cccc(Cl)c1)N1CCCC(COCc2ccccc2)C1. The van der Waals surface area contributed by atoms with E-state index in [2.05, 4.69) is 0 Å². The lowest BCUT2D eigenvalue weighted by atomic mass is 10.0. The molecule has 0 amide bonds. The molecule has 1 saturated heterocycles. The Balaban J connectivity index is 1.59. The number of piperidine rings is 1. The molecular formula is C19H22ClNO3S. The Labute approximate surface area is 154 Å². The van der Waals surface area contributed by atoms with E-state index in [1.807, 2.05) is 30.3 Å². The molecule has 1 fully saturated rings. The van der Waals surface area contributed by atoms with Crippen molar-refractivity contribution in [1.29, 1.82) is 0 Å². The summed E-state index contributed by atoms with van der Waals surface area (Å²) in [5.41, 5.74) is 1.13. The van der Waals surface area contributed by atoms with Crippen molar-refractivity contribution in [1.82, 2.24) is 4.31 Å². The van der Waals surface area contributed by atoms with Crippen molar-refractivity contribution in [2.75, 3.05) is 19.7 Å². The fraction of sp³-hybridized carbons (Fsp3) is 0.368. The lowest BCUT2D eigenvalue weighted by molar-refractivity contribution is 0.0672. The first-order valence-electron chi connectivity index (χ1n) is 8.43. The van der Waals surface area contributed by atoms with Crippen LogP contribution in [0.5, 0.6) is 0 Å². The Morgan fingerprint density at radius 3 is 2.68 bits per heavy atom. The molecule has 0 N–H and O–H groups in total. The first kappa shape index (κ1) is 18.4. The van der Waals surface area contributed by atoms with Gasteiger partial charge in [-0.1, -0.05) is 48.0 Å². The molecule has 0 spiro atoms. The first-order chi connectivity index (χ1) is 12.1. The average molecular weight is 380 g/mol. The van der Waals surface area contributed by atoms with Crippen LogP contribution < -0.4 is 0 Å². The highest BCUT2D eigenvalue weighted by molar-refractivity contribution is 7.89. The maximum Gasteiger partial charge on any atom is 0.243 e. The first-order valence-corrected chi connectivity index (χ1v) is 10.2. The fourth-order valence-electron chi connectivity index (χ4n) is 3.08. The third-order valence-electron chi connectivity index (χ3n) is 4.38. The molecule has 1 aliphatic heterocycles. The molecule has 2 aromatic carbocycles. The summed E-state index contributed by atoms with van der Waals surface area (Å²) >= 11 is 5.94. The van der Waals surface area contributed by atoms with Crippen molar-refractivity contribution >= 4 is 21.6 Å². The third kappa shape index (κ3) is 4.82. The van der Waals surface area contributed by atoms with Crippen LogP contribution in [0.2, 0.25) is 5.02 Å². The standard InChI is InChI=1S/C19H22ClNO3S/c20-18-9-4-10-19(12-18)25(22,23)21-11-5-8-17(13-21)15-24-14-16-6-2-1-3-7-16/h1-4,6-7,9-10,12,17H,5,8,11,13-15H2. The summed E-state index contributed by atoms with van der Waals surface area (Å²) in [5.74, 6) is 0.214. The summed E-state index contributed by atoms with van der Waals surface area (Å²) in [7, 11) is -3.50. The molecule has 134 valence electrons. The van der Waals surface area contributed by atoms with E-state index in [0.29, 0.717) is 31.3 Å². The number of nitrogens with zero attached hydrogens (tertiary/aromatic N) is 1. The molecule has 1 unspecified atom stereocenters. The summed E-state index contributed by atoms with van der Waals surface area (Å²) in [5, 5.41) is 0.431. The summed E-state index contributed by atoms with van der Waals surface area (Å²) in [6.45, 7) is 2.16. The van der Waals surface area contributed by atoms with Gasteiger partial charge in [0.2, 0.25) is 10.0 Å². The molecule has 1 aliphatic rings. The largest absolute Gasteiger partial charge is 0.376 e. The Hall–Kier alpha value is -1.40. The zero-order chi connectivity index (χ0) is 17.7. The van der Waals surface area contributed by atoms with Gasteiger partial charge in [0.1, 0.15) is 0 Å². The highest BCUT2D eigenvalue weighted by atomic mass is 35.5. The number of hydrogen-bond donors (Lipinski definition) is 0. The van der Waals surface area contributed by atoms with Crippen LogP contribution in [0.3, 0.4) is 0 Å². The molecule has 0 bridgehead atoms. The van der Waals surface area contributed by atoms with Gasteiger partial charge in [0.05, 0.1) is 18.1 Å². The van der Waals surface area contributed by atoms with Crippen LogP contribution in [0.15, 0.2) is 59.5 Å². The minimum Gasteiger partial charge on any atom is -0.376 e. The van der Waals surface area contributed by atoms with Gasteiger partial charge in [-0.15, -0.1) is 0 Å². The Morgan fingerprint density at radius 2 is 1.92 bits per heavy atom. The zero-order valence-electron chi connectivity index (χ0n) is 14.0.